The van der Waals surface area contributed by atoms with Crippen LogP contribution in [0.5, 0.6) is 5.75 Å². The summed E-state index contributed by atoms with van der Waals surface area (Å²) in [7, 11) is 0. The molecule has 1 heterocycles. The molecule has 0 radical (unpaired) electrons. The Kier molecular flexibility index (Phi) is 5.77. The molecule has 1 aromatic carbocycles. The monoisotopic (exact) mass is 373 g/mol. The molecule has 2 rings (SSSR count). The minimum Gasteiger partial charge on any atom is -0.487 e. The van der Waals surface area contributed by atoms with Crippen molar-refractivity contribution in [1.29, 1.82) is 0 Å². The normalized spacial score (nSPS) is 18.0. The molecule has 0 aliphatic carbocycles. The Hall–Kier alpha value is -2.02. The van der Waals surface area contributed by atoms with Gasteiger partial charge in [0.05, 0.1) is 17.1 Å². The van der Waals surface area contributed by atoms with E-state index < -0.39 is 29.6 Å². The predicted octanol–water partition coefficient (Wildman–Crippen LogP) is 3.96. The molecule has 1 N–H and O–H groups in total. The van der Waals surface area contributed by atoms with Crippen LogP contribution in [0.25, 0.3) is 0 Å². The SMILES string of the molecule is CC(C)(C)OC(=O)c1cc(Cl)c(O[C@@H]2CCCN(C(=O)O)C2)cc1F. The van der Waals surface area contributed by atoms with E-state index in [-0.39, 0.29) is 22.9 Å². The third kappa shape index (κ3) is 5.22. The average molecular weight is 374 g/mol. The van der Waals surface area contributed by atoms with Crippen LogP contribution in [0.4, 0.5) is 9.18 Å². The van der Waals surface area contributed by atoms with Crippen LogP contribution < -0.4 is 4.74 Å². The maximum absolute atomic E-state index is 14.3. The van der Waals surface area contributed by atoms with E-state index in [0.29, 0.717) is 19.4 Å². The number of benzene rings is 1. The number of carboxylic acid groups (broad SMARTS) is 1. The van der Waals surface area contributed by atoms with Gasteiger partial charge in [0.15, 0.2) is 0 Å². The molecule has 1 aliphatic rings. The van der Waals surface area contributed by atoms with Crippen molar-refractivity contribution >= 4 is 23.7 Å². The molecule has 0 aromatic heterocycles. The van der Waals surface area contributed by atoms with Crippen LogP contribution in [0.15, 0.2) is 12.1 Å². The van der Waals surface area contributed by atoms with Gasteiger partial charge in [-0.1, -0.05) is 11.6 Å². The Balaban J connectivity index is 2.14. The van der Waals surface area contributed by atoms with Crippen molar-refractivity contribution in [2.45, 2.75) is 45.3 Å². The standard InChI is InChI=1S/C17H21ClFNO5/c1-17(2,3)25-15(21)11-7-12(18)14(8-13(11)19)24-10-5-4-6-20(9-10)16(22)23/h7-8,10H,4-6,9H2,1-3H3,(H,22,23)/t10-/m1/s1. The number of likely N-dealkylation sites (tertiary alicyclic amines) is 1. The number of nitrogens with zero attached hydrogens (tertiary/aromatic N) is 1. The van der Waals surface area contributed by atoms with Gasteiger partial charge in [-0.2, -0.15) is 0 Å². The van der Waals surface area contributed by atoms with Gasteiger partial charge in [0, 0.05) is 12.6 Å². The van der Waals surface area contributed by atoms with Crippen molar-refractivity contribution in [3.63, 3.8) is 0 Å². The van der Waals surface area contributed by atoms with E-state index in [1.807, 2.05) is 0 Å². The van der Waals surface area contributed by atoms with Gasteiger partial charge in [-0.25, -0.2) is 14.0 Å². The van der Waals surface area contributed by atoms with Gasteiger partial charge in [0.2, 0.25) is 0 Å². The summed E-state index contributed by atoms with van der Waals surface area (Å²) in [6, 6.07) is 2.19. The van der Waals surface area contributed by atoms with Gasteiger partial charge in [-0.15, -0.1) is 0 Å². The van der Waals surface area contributed by atoms with Crippen molar-refractivity contribution in [3.05, 3.63) is 28.5 Å². The highest BCUT2D eigenvalue weighted by Gasteiger charge is 2.27. The second kappa shape index (κ2) is 7.47. The van der Waals surface area contributed by atoms with Crippen molar-refractivity contribution in [3.8, 4) is 5.75 Å². The predicted molar refractivity (Wildman–Crippen MR) is 89.8 cm³/mol. The van der Waals surface area contributed by atoms with Gasteiger partial charge < -0.3 is 19.5 Å². The number of rotatable bonds is 3. The molecule has 1 aliphatic heterocycles. The number of hydrogen-bond donors (Lipinski definition) is 1. The summed E-state index contributed by atoms with van der Waals surface area (Å²) in [6.07, 6.45) is -0.164. The van der Waals surface area contributed by atoms with E-state index in [1.54, 1.807) is 20.8 Å². The minimum absolute atomic E-state index is 0.0645. The minimum atomic E-state index is -1.02. The molecule has 1 aromatic rings. The topological polar surface area (TPSA) is 76.1 Å². The maximum Gasteiger partial charge on any atom is 0.407 e. The summed E-state index contributed by atoms with van der Waals surface area (Å²) in [6.45, 7) is 5.66. The zero-order valence-corrected chi connectivity index (χ0v) is 15.1. The molecule has 8 heteroatoms. The van der Waals surface area contributed by atoms with E-state index in [4.69, 9.17) is 26.2 Å². The first-order valence-electron chi connectivity index (χ1n) is 7.94. The Bertz CT molecular complexity index is 674. The molecule has 0 spiro atoms. The summed E-state index contributed by atoms with van der Waals surface area (Å²) < 4.78 is 25.1. The number of ether oxygens (including phenoxy) is 2. The fraction of sp³-hybridized carbons (Fsp3) is 0.529. The summed E-state index contributed by atoms with van der Waals surface area (Å²) in [4.78, 5) is 24.3. The van der Waals surface area contributed by atoms with Gasteiger partial charge in [-0.05, 0) is 39.7 Å². The van der Waals surface area contributed by atoms with E-state index >= 15 is 0 Å². The zero-order chi connectivity index (χ0) is 18.8. The van der Waals surface area contributed by atoms with Crippen LogP contribution in [0.1, 0.15) is 44.0 Å². The van der Waals surface area contributed by atoms with E-state index in [2.05, 4.69) is 0 Å². The molecule has 1 amide bonds. The summed E-state index contributed by atoms with van der Waals surface area (Å²) >= 11 is 6.11. The largest absolute Gasteiger partial charge is 0.487 e. The van der Waals surface area contributed by atoms with Crippen LogP contribution in [-0.2, 0) is 4.74 Å². The Labute approximate surface area is 150 Å². The molecule has 138 valence electrons. The van der Waals surface area contributed by atoms with Crippen LogP contribution in [0, 0.1) is 5.82 Å². The van der Waals surface area contributed by atoms with E-state index in [9.17, 15) is 14.0 Å². The fourth-order valence-electron chi connectivity index (χ4n) is 2.50. The molecule has 6 nitrogen and oxygen atoms in total. The zero-order valence-electron chi connectivity index (χ0n) is 14.3. The summed E-state index contributed by atoms with van der Waals surface area (Å²) in [5.74, 6) is -1.54. The number of halogens is 2. The first-order chi connectivity index (χ1) is 11.6. The molecular formula is C17H21ClFNO5. The number of carbonyl (C=O) groups is 2. The second-order valence-corrected chi connectivity index (χ2v) is 7.28. The van der Waals surface area contributed by atoms with Crippen molar-refractivity contribution in [1.82, 2.24) is 4.90 Å². The lowest BCUT2D eigenvalue weighted by Crippen LogP contribution is -2.43. The molecular weight excluding hydrogens is 353 g/mol. The van der Waals surface area contributed by atoms with Crippen LogP contribution >= 0.6 is 11.6 Å². The smallest absolute Gasteiger partial charge is 0.407 e. The second-order valence-electron chi connectivity index (χ2n) is 6.88. The highest BCUT2D eigenvalue weighted by Crippen LogP contribution is 2.31. The number of piperidine rings is 1. The van der Waals surface area contributed by atoms with Crippen LogP contribution in [0.3, 0.4) is 0 Å². The lowest BCUT2D eigenvalue weighted by atomic mass is 10.1. The summed E-state index contributed by atoms with van der Waals surface area (Å²) in [5.41, 5.74) is -1.03. The lowest BCUT2D eigenvalue weighted by Gasteiger charge is -2.31. The van der Waals surface area contributed by atoms with Crippen molar-refractivity contribution < 1.29 is 28.6 Å². The molecule has 25 heavy (non-hydrogen) atoms. The van der Waals surface area contributed by atoms with Gasteiger partial charge >= 0.3 is 12.1 Å². The molecule has 1 saturated heterocycles. The van der Waals surface area contributed by atoms with Crippen LogP contribution in [-0.4, -0.2) is 46.9 Å². The molecule has 0 unspecified atom stereocenters. The average Bonchev–Trinajstić information content (AvgIpc) is 2.49. The molecule has 0 bridgehead atoms. The maximum atomic E-state index is 14.3. The van der Waals surface area contributed by atoms with Crippen LogP contribution in [0.2, 0.25) is 5.02 Å². The Morgan fingerprint density at radius 2 is 2.04 bits per heavy atom. The molecule has 1 atom stereocenters. The first-order valence-corrected chi connectivity index (χ1v) is 8.31. The van der Waals surface area contributed by atoms with E-state index in [0.717, 1.165) is 12.1 Å². The van der Waals surface area contributed by atoms with E-state index in [1.165, 1.54) is 4.90 Å². The number of carbonyl (C=O) groups excluding carboxylic acids is 1. The Morgan fingerprint density at radius 3 is 2.64 bits per heavy atom. The third-order valence-electron chi connectivity index (χ3n) is 3.58. The lowest BCUT2D eigenvalue weighted by molar-refractivity contribution is 0.00644. The van der Waals surface area contributed by atoms with Gasteiger partial charge in [0.25, 0.3) is 0 Å². The quantitative estimate of drug-likeness (QED) is 0.812. The molecule has 0 saturated carbocycles. The molecule has 1 fully saturated rings. The highest BCUT2D eigenvalue weighted by atomic mass is 35.5. The van der Waals surface area contributed by atoms with Crippen molar-refractivity contribution in [2.75, 3.05) is 13.1 Å². The fourth-order valence-corrected chi connectivity index (χ4v) is 2.70. The van der Waals surface area contributed by atoms with Gasteiger partial charge in [-0.3, -0.25) is 0 Å². The highest BCUT2D eigenvalue weighted by molar-refractivity contribution is 6.32. The first kappa shape index (κ1) is 19.3. The van der Waals surface area contributed by atoms with Crippen molar-refractivity contribution in [2.24, 2.45) is 0 Å². The summed E-state index contributed by atoms with van der Waals surface area (Å²) in [5, 5.41) is 9.11. The Morgan fingerprint density at radius 1 is 1.36 bits per heavy atom. The number of esters is 1. The number of amides is 1. The number of hydrogen-bond acceptors (Lipinski definition) is 4. The van der Waals surface area contributed by atoms with Gasteiger partial charge in [0.1, 0.15) is 23.3 Å². The third-order valence-corrected chi connectivity index (χ3v) is 3.88.